The van der Waals surface area contributed by atoms with Gasteiger partial charge in [0.1, 0.15) is 17.0 Å². The zero-order valence-electron chi connectivity index (χ0n) is 21.7. The van der Waals surface area contributed by atoms with Crippen molar-refractivity contribution in [1.29, 1.82) is 0 Å². The number of hydrogen-bond acceptors (Lipinski definition) is 8. The smallest absolute Gasteiger partial charge is 0.397 e. The molecule has 0 saturated carbocycles. The van der Waals surface area contributed by atoms with Crippen molar-refractivity contribution in [2.24, 2.45) is 0 Å². The maximum Gasteiger partial charge on any atom is 0.397 e. The zero-order valence-corrected chi connectivity index (χ0v) is 22.5. The quantitative estimate of drug-likeness (QED) is 0.221. The molecule has 2 aromatic heterocycles. The number of aromatic nitrogens is 3. The van der Waals surface area contributed by atoms with Gasteiger partial charge in [-0.15, -0.1) is 11.3 Å². The van der Waals surface area contributed by atoms with Crippen LogP contribution in [0.25, 0.3) is 21.3 Å². The van der Waals surface area contributed by atoms with E-state index >= 15 is 4.39 Å². The van der Waals surface area contributed by atoms with Gasteiger partial charge in [0.25, 0.3) is 0 Å². The Hall–Kier alpha value is -3.84. The van der Waals surface area contributed by atoms with Crippen molar-refractivity contribution < 1.29 is 27.1 Å². The predicted molar refractivity (Wildman–Crippen MR) is 145 cm³/mol. The molecule has 1 fully saturated rings. The molecule has 0 spiro atoms. The van der Waals surface area contributed by atoms with Crippen LogP contribution in [0.3, 0.4) is 0 Å². The normalized spacial score (nSPS) is 15.7. The first-order valence-corrected chi connectivity index (χ1v) is 13.4. The second kappa shape index (κ2) is 11.3. The number of carbonyl (C=O) groups is 1. The van der Waals surface area contributed by atoms with Crippen LogP contribution in [0.5, 0.6) is 11.6 Å². The number of amides is 1. The molecule has 1 atom stereocenters. The number of nitrogens with zero attached hydrogens (tertiary/aromatic N) is 3. The van der Waals surface area contributed by atoms with E-state index in [1.807, 2.05) is 0 Å². The third kappa shape index (κ3) is 6.15. The van der Waals surface area contributed by atoms with Crippen molar-refractivity contribution in [2.75, 3.05) is 23.7 Å². The molecular formula is C27H26F4N6O2S. The summed E-state index contributed by atoms with van der Waals surface area (Å²) in [6.45, 7) is 5.03. The van der Waals surface area contributed by atoms with Crippen LogP contribution in [0.4, 0.5) is 29.2 Å². The lowest BCUT2D eigenvalue weighted by molar-refractivity contribution is -0.150. The van der Waals surface area contributed by atoms with Crippen LogP contribution >= 0.6 is 11.3 Å². The monoisotopic (exact) mass is 574 g/mol. The summed E-state index contributed by atoms with van der Waals surface area (Å²) in [6.07, 6.45) is -2.76. The number of piperidine rings is 1. The van der Waals surface area contributed by atoms with Gasteiger partial charge in [0.2, 0.25) is 17.7 Å². The van der Waals surface area contributed by atoms with E-state index in [-0.39, 0.29) is 34.3 Å². The van der Waals surface area contributed by atoms with Gasteiger partial charge in [-0.2, -0.15) is 13.2 Å². The molecule has 210 valence electrons. The molecule has 1 amide bonds. The van der Waals surface area contributed by atoms with E-state index in [9.17, 15) is 18.0 Å². The topological polar surface area (TPSA) is 101 Å². The lowest BCUT2D eigenvalue weighted by Crippen LogP contribution is -2.38. The Morgan fingerprint density at radius 2 is 1.95 bits per heavy atom. The number of ether oxygens (including phenoxy) is 1. The number of nitrogens with one attached hydrogen (secondary N) is 3. The van der Waals surface area contributed by atoms with E-state index in [2.05, 4.69) is 30.9 Å². The molecule has 0 radical (unpaired) electrons. The molecule has 0 bridgehead atoms. The van der Waals surface area contributed by atoms with Gasteiger partial charge in [-0.05, 0) is 39.3 Å². The summed E-state index contributed by atoms with van der Waals surface area (Å²) in [7, 11) is 0. The van der Waals surface area contributed by atoms with Crippen LogP contribution in [-0.4, -0.2) is 46.2 Å². The lowest BCUT2D eigenvalue weighted by atomic mass is 10.0. The summed E-state index contributed by atoms with van der Waals surface area (Å²) in [5.41, 5.74) is 0.237. The number of alkyl halides is 3. The largest absolute Gasteiger partial charge is 0.436 e. The summed E-state index contributed by atoms with van der Waals surface area (Å²) in [6, 6.07) is 8.35. The minimum absolute atomic E-state index is 0.00690. The van der Waals surface area contributed by atoms with Gasteiger partial charge in [-0.25, -0.2) is 19.3 Å². The van der Waals surface area contributed by atoms with Crippen LogP contribution < -0.4 is 20.7 Å². The van der Waals surface area contributed by atoms with Crippen LogP contribution in [-0.2, 0) is 4.79 Å². The Bertz CT molecular complexity index is 1550. The standard InChI is InChI=1S/C27H26F4N6O2S/c1-14-21(28)22(37-20(38)12-27(29,30)31)17-7-3-4-8-18(17)23(14)39-25-24(40-15(2)34-25)19-9-11-33-26(36-19)35-16-6-5-10-32-13-16/h3-4,7-9,11,16,32H,5-6,10,12-13H2,1-2H3,(H,37,38)(H,33,35,36). The Balaban J connectivity index is 1.49. The third-order valence-corrected chi connectivity index (χ3v) is 7.35. The second-order valence-corrected chi connectivity index (χ2v) is 10.7. The molecular weight excluding hydrogens is 548 g/mol. The average Bonchev–Trinajstić information content (AvgIpc) is 3.29. The molecule has 1 saturated heterocycles. The number of fused-ring (bicyclic) bond motifs is 1. The van der Waals surface area contributed by atoms with Crippen molar-refractivity contribution >= 4 is 39.7 Å². The summed E-state index contributed by atoms with van der Waals surface area (Å²) in [5, 5.41) is 10.1. The van der Waals surface area contributed by atoms with Crippen molar-refractivity contribution in [2.45, 2.75) is 45.3 Å². The number of hydrogen-bond donors (Lipinski definition) is 3. The van der Waals surface area contributed by atoms with Crippen LogP contribution in [0.1, 0.15) is 29.8 Å². The molecule has 40 heavy (non-hydrogen) atoms. The van der Waals surface area contributed by atoms with Crippen molar-refractivity contribution in [1.82, 2.24) is 20.3 Å². The number of halogens is 4. The second-order valence-electron chi connectivity index (χ2n) is 9.45. The highest BCUT2D eigenvalue weighted by Crippen LogP contribution is 2.43. The lowest BCUT2D eigenvalue weighted by Gasteiger charge is -2.23. The fraction of sp³-hybridized carbons (Fsp3) is 0.333. The third-order valence-electron chi connectivity index (χ3n) is 6.38. The fourth-order valence-corrected chi connectivity index (χ4v) is 5.39. The number of anilines is 2. The maximum absolute atomic E-state index is 15.6. The van der Waals surface area contributed by atoms with Gasteiger partial charge in [-0.1, -0.05) is 24.3 Å². The molecule has 3 heterocycles. The summed E-state index contributed by atoms with van der Waals surface area (Å²) >= 11 is 1.35. The summed E-state index contributed by atoms with van der Waals surface area (Å²) < 4.78 is 60.0. The van der Waals surface area contributed by atoms with Crippen LogP contribution in [0, 0.1) is 19.7 Å². The molecule has 1 aliphatic heterocycles. The maximum atomic E-state index is 15.6. The summed E-state index contributed by atoms with van der Waals surface area (Å²) in [5.74, 6) is -1.46. The predicted octanol–water partition coefficient (Wildman–Crippen LogP) is 6.36. The first-order chi connectivity index (χ1) is 19.1. The van der Waals surface area contributed by atoms with Gasteiger partial charge in [0, 0.05) is 35.1 Å². The van der Waals surface area contributed by atoms with E-state index in [0.717, 1.165) is 25.9 Å². The number of aryl methyl sites for hydroxylation is 1. The zero-order chi connectivity index (χ0) is 28.4. The first kappa shape index (κ1) is 27.7. The van der Waals surface area contributed by atoms with Crippen LogP contribution in [0.2, 0.25) is 0 Å². The minimum atomic E-state index is -4.73. The van der Waals surface area contributed by atoms with Crippen molar-refractivity contribution in [3.05, 3.63) is 52.9 Å². The molecule has 8 nitrogen and oxygen atoms in total. The van der Waals surface area contributed by atoms with Crippen LogP contribution in [0.15, 0.2) is 36.5 Å². The molecule has 1 aliphatic rings. The molecule has 4 aromatic rings. The number of thiazole rings is 1. The Morgan fingerprint density at radius 3 is 2.67 bits per heavy atom. The Kier molecular flexibility index (Phi) is 7.86. The molecule has 2 aromatic carbocycles. The van der Waals surface area contributed by atoms with Crippen molar-refractivity contribution in [3.8, 4) is 22.2 Å². The number of carbonyl (C=O) groups excluding carboxylic acids is 1. The minimum Gasteiger partial charge on any atom is -0.436 e. The van der Waals surface area contributed by atoms with Gasteiger partial charge in [0.15, 0.2) is 5.82 Å². The Labute approximate surface area is 231 Å². The van der Waals surface area contributed by atoms with Crippen molar-refractivity contribution in [3.63, 3.8) is 0 Å². The number of benzene rings is 2. The molecule has 13 heteroatoms. The highest BCUT2D eigenvalue weighted by atomic mass is 32.1. The van der Waals surface area contributed by atoms with Gasteiger partial charge in [0.05, 0.1) is 16.4 Å². The Morgan fingerprint density at radius 1 is 1.18 bits per heavy atom. The number of rotatable bonds is 7. The molecule has 5 rings (SSSR count). The molecule has 1 unspecified atom stereocenters. The molecule has 3 N–H and O–H groups in total. The highest BCUT2D eigenvalue weighted by Gasteiger charge is 2.32. The SMILES string of the molecule is Cc1nc(Oc2c(C)c(F)c(NC(=O)CC(F)(F)F)c3ccccc23)c(-c2ccnc(NC3CCCNC3)n2)s1. The van der Waals surface area contributed by atoms with E-state index in [1.165, 1.54) is 24.3 Å². The average molecular weight is 575 g/mol. The fourth-order valence-electron chi connectivity index (χ4n) is 4.57. The first-order valence-electron chi connectivity index (χ1n) is 12.6. The highest BCUT2D eigenvalue weighted by molar-refractivity contribution is 7.15. The summed E-state index contributed by atoms with van der Waals surface area (Å²) in [4.78, 5) is 26.1. The van der Waals surface area contributed by atoms with E-state index in [1.54, 1.807) is 37.4 Å². The molecule has 0 aliphatic carbocycles. The van der Waals surface area contributed by atoms with E-state index < -0.39 is 24.3 Å². The van der Waals surface area contributed by atoms with Gasteiger partial charge >= 0.3 is 6.18 Å². The van der Waals surface area contributed by atoms with Gasteiger partial charge < -0.3 is 20.7 Å². The van der Waals surface area contributed by atoms with Gasteiger partial charge in [-0.3, -0.25) is 4.79 Å². The van der Waals surface area contributed by atoms with E-state index in [0.29, 0.717) is 26.9 Å². The van der Waals surface area contributed by atoms with E-state index in [4.69, 9.17) is 4.74 Å².